The zero-order valence-corrected chi connectivity index (χ0v) is 14.8. The van der Waals surface area contributed by atoms with Gasteiger partial charge in [-0.1, -0.05) is 42.5 Å². The molecule has 1 saturated carbocycles. The van der Waals surface area contributed by atoms with Crippen LogP contribution in [-0.4, -0.2) is 16.8 Å². The Labute approximate surface area is 142 Å². The second kappa shape index (κ2) is 5.48. The molecule has 2 bridgehead atoms. The van der Waals surface area contributed by atoms with Crippen molar-refractivity contribution >= 4 is 40.8 Å². The average Bonchev–Trinajstić information content (AvgIpc) is 3.14. The first-order valence-electron chi connectivity index (χ1n) is 7.19. The zero-order valence-electron chi connectivity index (χ0n) is 11.7. The third-order valence-electron chi connectivity index (χ3n) is 5.19. The lowest BCUT2D eigenvalue weighted by atomic mass is 9.71. The van der Waals surface area contributed by atoms with Crippen LogP contribution >= 0.6 is 35.7 Å². The smallest absolute Gasteiger partial charge is 0.0757 e. The standard InChI is InChI=1S/C17H19NS.HI/c1-19-15-9-10-17(18-15)14-8-7-13(11-14)16(17)12-5-3-2-4-6-12;/h2-8,13-14,16H,9-11H2,1H3;1H. The number of nitrogens with zero attached hydrogens (tertiary/aromatic N) is 1. The molecule has 1 spiro atoms. The molecule has 1 fully saturated rings. The maximum absolute atomic E-state index is 5.21. The van der Waals surface area contributed by atoms with E-state index in [0.717, 1.165) is 0 Å². The predicted octanol–water partition coefficient (Wildman–Crippen LogP) is 4.89. The van der Waals surface area contributed by atoms with Crippen molar-refractivity contribution in [2.45, 2.75) is 30.7 Å². The summed E-state index contributed by atoms with van der Waals surface area (Å²) in [6, 6.07) is 11.1. The number of thioether (sulfide) groups is 1. The molecule has 4 unspecified atom stereocenters. The number of halogens is 1. The minimum atomic E-state index is 0. The lowest BCUT2D eigenvalue weighted by Crippen LogP contribution is -2.36. The van der Waals surface area contributed by atoms with Gasteiger partial charge in [-0.25, -0.2) is 0 Å². The topological polar surface area (TPSA) is 12.4 Å². The van der Waals surface area contributed by atoms with E-state index in [2.05, 4.69) is 48.7 Å². The molecular formula is C17H20INS. The monoisotopic (exact) mass is 397 g/mol. The molecule has 2 aliphatic carbocycles. The highest BCUT2D eigenvalue weighted by molar-refractivity contribution is 14.0. The number of fused-ring (bicyclic) bond motifs is 3. The van der Waals surface area contributed by atoms with Gasteiger partial charge in [-0.3, -0.25) is 4.99 Å². The van der Waals surface area contributed by atoms with Crippen LogP contribution in [0.2, 0.25) is 0 Å². The fourth-order valence-corrected chi connectivity index (χ4v) is 5.00. The van der Waals surface area contributed by atoms with E-state index in [4.69, 9.17) is 4.99 Å². The molecule has 0 amide bonds. The van der Waals surface area contributed by atoms with Crippen LogP contribution < -0.4 is 0 Å². The van der Waals surface area contributed by atoms with Crippen molar-refractivity contribution < 1.29 is 0 Å². The van der Waals surface area contributed by atoms with Crippen LogP contribution in [0.25, 0.3) is 0 Å². The van der Waals surface area contributed by atoms with Crippen LogP contribution in [0, 0.1) is 11.8 Å². The van der Waals surface area contributed by atoms with Gasteiger partial charge >= 0.3 is 0 Å². The normalized spacial score (nSPS) is 37.2. The third-order valence-corrected chi connectivity index (χ3v) is 5.96. The van der Waals surface area contributed by atoms with E-state index in [-0.39, 0.29) is 29.5 Å². The van der Waals surface area contributed by atoms with Crippen molar-refractivity contribution in [3.05, 3.63) is 48.0 Å². The fourth-order valence-electron chi connectivity index (χ4n) is 4.43. The molecule has 4 atom stereocenters. The van der Waals surface area contributed by atoms with Crippen LogP contribution in [0.3, 0.4) is 0 Å². The van der Waals surface area contributed by atoms with Crippen molar-refractivity contribution in [3.8, 4) is 0 Å². The van der Waals surface area contributed by atoms with Crippen molar-refractivity contribution in [1.29, 1.82) is 0 Å². The second-order valence-corrected chi connectivity index (χ2v) is 6.86. The average molecular weight is 397 g/mol. The highest BCUT2D eigenvalue weighted by Crippen LogP contribution is 2.61. The highest BCUT2D eigenvalue weighted by Gasteiger charge is 2.57. The second-order valence-electron chi connectivity index (χ2n) is 5.98. The summed E-state index contributed by atoms with van der Waals surface area (Å²) in [4.78, 5) is 5.21. The van der Waals surface area contributed by atoms with E-state index in [1.54, 1.807) is 0 Å². The lowest BCUT2D eigenvalue weighted by molar-refractivity contribution is 0.318. The van der Waals surface area contributed by atoms with E-state index < -0.39 is 0 Å². The summed E-state index contributed by atoms with van der Waals surface area (Å²) in [6.45, 7) is 0. The van der Waals surface area contributed by atoms with E-state index in [1.165, 1.54) is 29.9 Å². The molecular weight excluding hydrogens is 377 g/mol. The molecule has 1 aromatic rings. The van der Waals surface area contributed by atoms with Gasteiger partial charge in [0, 0.05) is 11.8 Å². The Hall–Kier alpha value is -0.290. The summed E-state index contributed by atoms with van der Waals surface area (Å²) >= 11 is 1.84. The van der Waals surface area contributed by atoms with Crippen LogP contribution in [0.4, 0.5) is 0 Å². The third kappa shape index (κ3) is 2.00. The Morgan fingerprint density at radius 2 is 2.00 bits per heavy atom. The molecule has 0 aromatic heterocycles. The summed E-state index contributed by atoms with van der Waals surface area (Å²) in [5.74, 6) is 1.98. The highest BCUT2D eigenvalue weighted by atomic mass is 127. The molecule has 3 heteroatoms. The van der Waals surface area contributed by atoms with Gasteiger partial charge in [0.05, 0.1) is 10.6 Å². The molecule has 4 rings (SSSR count). The first-order valence-corrected chi connectivity index (χ1v) is 8.42. The summed E-state index contributed by atoms with van der Waals surface area (Å²) in [5, 5.41) is 1.36. The molecule has 0 N–H and O–H groups in total. The molecule has 1 aliphatic heterocycles. The molecule has 106 valence electrons. The van der Waals surface area contributed by atoms with Gasteiger partial charge in [0.1, 0.15) is 0 Å². The molecule has 0 saturated heterocycles. The molecule has 3 aliphatic rings. The number of rotatable bonds is 1. The van der Waals surface area contributed by atoms with E-state index in [1.807, 2.05) is 11.8 Å². The van der Waals surface area contributed by atoms with Gasteiger partial charge in [-0.15, -0.1) is 35.7 Å². The molecule has 1 heterocycles. The number of hydrogen-bond acceptors (Lipinski definition) is 2. The maximum Gasteiger partial charge on any atom is 0.0757 e. The van der Waals surface area contributed by atoms with Crippen molar-refractivity contribution in [2.24, 2.45) is 16.8 Å². The van der Waals surface area contributed by atoms with Gasteiger partial charge < -0.3 is 0 Å². The molecule has 20 heavy (non-hydrogen) atoms. The van der Waals surface area contributed by atoms with Crippen LogP contribution in [0.15, 0.2) is 47.5 Å². The Morgan fingerprint density at radius 1 is 1.20 bits per heavy atom. The minimum Gasteiger partial charge on any atom is -0.275 e. The van der Waals surface area contributed by atoms with Crippen molar-refractivity contribution in [3.63, 3.8) is 0 Å². The van der Waals surface area contributed by atoms with Crippen LogP contribution in [0.5, 0.6) is 0 Å². The first kappa shape index (κ1) is 14.6. The number of allylic oxidation sites excluding steroid dienone is 1. The number of hydrogen-bond donors (Lipinski definition) is 0. The summed E-state index contributed by atoms with van der Waals surface area (Å²) in [7, 11) is 0. The maximum atomic E-state index is 5.21. The Balaban J connectivity index is 0.00000121. The SMILES string of the molecule is CSC1=NC2(CC1)C1C=CC(C1)C2c1ccccc1.I. The summed E-state index contributed by atoms with van der Waals surface area (Å²) in [6.07, 6.45) is 10.8. The fraction of sp³-hybridized carbons (Fsp3) is 0.471. The van der Waals surface area contributed by atoms with Gasteiger partial charge in [0.2, 0.25) is 0 Å². The quantitative estimate of drug-likeness (QED) is 0.486. The van der Waals surface area contributed by atoms with Gasteiger partial charge in [0.25, 0.3) is 0 Å². The van der Waals surface area contributed by atoms with E-state index in [0.29, 0.717) is 17.8 Å². The Morgan fingerprint density at radius 3 is 2.70 bits per heavy atom. The van der Waals surface area contributed by atoms with Crippen LogP contribution in [0.1, 0.15) is 30.7 Å². The molecule has 1 nitrogen and oxygen atoms in total. The Bertz CT molecular complexity index is 553. The number of aliphatic imine (C=N–C) groups is 1. The Kier molecular flexibility index (Phi) is 4.01. The first-order chi connectivity index (χ1) is 9.33. The molecule has 1 aromatic carbocycles. The lowest BCUT2D eigenvalue weighted by Gasteiger charge is -2.36. The van der Waals surface area contributed by atoms with E-state index >= 15 is 0 Å². The van der Waals surface area contributed by atoms with Gasteiger partial charge in [0.15, 0.2) is 0 Å². The summed E-state index contributed by atoms with van der Waals surface area (Å²) in [5.41, 5.74) is 1.67. The van der Waals surface area contributed by atoms with Crippen molar-refractivity contribution in [2.75, 3.05) is 6.26 Å². The number of benzene rings is 1. The van der Waals surface area contributed by atoms with E-state index in [9.17, 15) is 0 Å². The van der Waals surface area contributed by atoms with Crippen LogP contribution in [-0.2, 0) is 0 Å². The summed E-state index contributed by atoms with van der Waals surface area (Å²) < 4.78 is 0. The van der Waals surface area contributed by atoms with Gasteiger partial charge in [-0.05, 0) is 37.0 Å². The van der Waals surface area contributed by atoms with Gasteiger partial charge in [-0.2, -0.15) is 0 Å². The predicted molar refractivity (Wildman–Crippen MR) is 98.3 cm³/mol. The largest absolute Gasteiger partial charge is 0.275 e. The zero-order chi connectivity index (χ0) is 12.9. The van der Waals surface area contributed by atoms with Crippen molar-refractivity contribution in [1.82, 2.24) is 0 Å². The minimum absolute atomic E-state index is 0. The molecule has 0 radical (unpaired) electrons.